The summed E-state index contributed by atoms with van der Waals surface area (Å²) in [6.45, 7) is 0.798. The lowest BCUT2D eigenvalue weighted by atomic mass is 9.96. The van der Waals surface area contributed by atoms with Crippen LogP contribution in [0.25, 0.3) is 10.8 Å². The Kier molecular flexibility index (Phi) is 2.44. The number of fused-ring (bicyclic) bond motifs is 1. The highest BCUT2D eigenvalue weighted by atomic mass is 15.1. The topological polar surface area (TPSA) is 50.4 Å². The van der Waals surface area contributed by atoms with Crippen molar-refractivity contribution in [3.05, 3.63) is 48.0 Å². The van der Waals surface area contributed by atoms with Crippen LogP contribution < -0.4 is 11.1 Å². The van der Waals surface area contributed by atoms with Crippen LogP contribution in [0.15, 0.2) is 47.5 Å². The number of aliphatic imine (C=N–C) groups is 1. The summed E-state index contributed by atoms with van der Waals surface area (Å²) in [4.78, 5) is 4.17. The molecule has 0 radical (unpaired) electrons. The smallest absolute Gasteiger partial charge is 0.189 e. The zero-order valence-electron chi connectivity index (χ0n) is 9.56. The molecule has 2 aromatic rings. The number of benzene rings is 2. The Morgan fingerprint density at radius 1 is 1.12 bits per heavy atom. The molecule has 2 aromatic carbocycles. The van der Waals surface area contributed by atoms with E-state index >= 15 is 0 Å². The summed E-state index contributed by atoms with van der Waals surface area (Å²) < 4.78 is 0. The standard InChI is InChI=1S/C14H15N3/c15-14-16-9-8-13(17-14)12-7-3-5-10-4-1-2-6-11(10)12/h1-7,13H,8-9H2,(H3,15,16,17). The quantitative estimate of drug-likeness (QED) is 0.781. The monoisotopic (exact) mass is 225 g/mol. The van der Waals surface area contributed by atoms with Crippen LogP contribution in [0.3, 0.4) is 0 Å². The van der Waals surface area contributed by atoms with E-state index in [-0.39, 0.29) is 6.04 Å². The van der Waals surface area contributed by atoms with Gasteiger partial charge in [-0.3, -0.25) is 4.99 Å². The largest absolute Gasteiger partial charge is 0.370 e. The van der Waals surface area contributed by atoms with Crippen molar-refractivity contribution in [1.29, 1.82) is 0 Å². The fourth-order valence-electron chi connectivity index (χ4n) is 2.40. The second kappa shape index (κ2) is 4.09. The predicted octanol–water partition coefficient (Wildman–Crippen LogP) is 2.19. The maximum Gasteiger partial charge on any atom is 0.189 e. The van der Waals surface area contributed by atoms with Crippen molar-refractivity contribution >= 4 is 16.7 Å². The third-order valence-electron chi connectivity index (χ3n) is 3.22. The molecular weight excluding hydrogens is 210 g/mol. The highest BCUT2D eigenvalue weighted by molar-refractivity contribution is 5.87. The summed E-state index contributed by atoms with van der Waals surface area (Å²) in [5.41, 5.74) is 7.05. The minimum atomic E-state index is 0.276. The Hall–Kier alpha value is -2.03. The van der Waals surface area contributed by atoms with Crippen LogP contribution in [-0.4, -0.2) is 12.5 Å². The zero-order chi connectivity index (χ0) is 11.7. The van der Waals surface area contributed by atoms with Gasteiger partial charge in [-0.25, -0.2) is 0 Å². The molecule has 0 fully saturated rings. The van der Waals surface area contributed by atoms with Gasteiger partial charge in [-0.2, -0.15) is 0 Å². The molecule has 1 aliphatic heterocycles. The molecule has 3 N–H and O–H groups in total. The normalized spacial score (nSPS) is 19.8. The van der Waals surface area contributed by atoms with Gasteiger partial charge in [-0.1, -0.05) is 42.5 Å². The molecule has 0 aromatic heterocycles. The summed E-state index contributed by atoms with van der Waals surface area (Å²) in [5.74, 6) is 0.550. The first-order chi connectivity index (χ1) is 8.34. The molecule has 1 atom stereocenters. The SMILES string of the molecule is NC1=NCCC(c2cccc3ccccc23)N1. The molecule has 0 saturated heterocycles. The molecule has 3 nitrogen and oxygen atoms in total. The van der Waals surface area contributed by atoms with Crippen molar-refractivity contribution in [1.82, 2.24) is 5.32 Å². The molecule has 3 heteroatoms. The Labute approximate surface area is 100 Å². The van der Waals surface area contributed by atoms with Crippen LogP contribution in [0.4, 0.5) is 0 Å². The summed E-state index contributed by atoms with van der Waals surface area (Å²) >= 11 is 0. The van der Waals surface area contributed by atoms with Crippen molar-refractivity contribution in [2.45, 2.75) is 12.5 Å². The van der Waals surface area contributed by atoms with E-state index in [0.29, 0.717) is 5.96 Å². The van der Waals surface area contributed by atoms with E-state index in [2.05, 4.69) is 52.8 Å². The second-order valence-corrected chi connectivity index (χ2v) is 4.32. The van der Waals surface area contributed by atoms with Crippen LogP contribution in [0.1, 0.15) is 18.0 Å². The lowest BCUT2D eigenvalue weighted by Gasteiger charge is -2.24. The fraction of sp³-hybridized carbons (Fsp3) is 0.214. The number of nitrogens with zero attached hydrogens (tertiary/aromatic N) is 1. The lowest BCUT2D eigenvalue weighted by molar-refractivity contribution is 0.572. The maximum absolute atomic E-state index is 5.75. The van der Waals surface area contributed by atoms with Crippen LogP contribution in [0, 0.1) is 0 Å². The van der Waals surface area contributed by atoms with Gasteiger partial charge in [0.05, 0.1) is 6.04 Å². The van der Waals surface area contributed by atoms with E-state index in [4.69, 9.17) is 5.73 Å². The van der Waals surface area contributed by atoms with Gasteiger partial charge in [0.25, 0.3) is 0 Å². The van der Waals surface area contributed by atoms with Crippen molar-refractivity contribution in [3.8, 4) is 0 Å². The van der Waals surface area contributed by atoms with Crippen LogP contribution in [0.5, 0.6) is 0 Å². The van der Waals surface area contributed by atoms with Crippen molar-refractivity contribution in [2.75, 3.05) is 6.54 Å². The maximum atomic E-state index is 5.75. The van der Waals surface area contributed by atoms with E-state index in [0.717, 1.165) is 13.0 Å². The average molecular weight is 225 g/mol. The third-order valence-corrected chi connectivity index (χ3v) is 3.22. The number of guanidine groups is 1. The molecule has 1 unspecified atom stereocenters. The highest BCUT2D eigenvalue weighted by Crippen LogP contribution is 2.27. The average Bonchev–Trinajstić information content (AvgIpc) is 2.38. The van der Waals surface area contributed by atoms with Crippen LogP contribution in [-0.2, 0) is 0 Å². The minimum Gasteiger partial charge on any atom is -0.370 e. The first-order valence-electron chi connectivity index (χ1n) is 5.89. The molecular formula is C14H15N3. The molecule has 3 rings (SSSR count). The van der Waals surface area contributed by atoms with Crippen molar-refractivity contribution in [3.63, 3.8) is 0 Å². The minimum absolute atomic E-state index is 0.276. The van der Waals surface area contributed by atoms with Gasteiger partial charge in [0.15, 0.2) is 5.96 Å². The number of hydrogen-bond donors (Lipinski definition) is 2. The lowest BCUT2D eigenvalue weighted by Crippen LogP contribution is -2.38. The molecule has 0 aliphatic carbocycles. The van der Waals surface area contributed by atoms with E-state index < -0.39 is 0 Å². The van der Waals surface area contributed by atoms with Gasteiger partial charge in [0.1, 0.15) is 0 Å². The van der Waals surface area contributed by atoms with Gasteiger partial charge < -0.3 is 11.1 Å². The van der Waals surface area contributed by atoms with E-state index in [1.54, 1.807) is 0 Å². The van der Waals surface area contributed by atoms with Gasteiger partial charge in [0, 0.05) is 6.54 Å². The Morgan fingerprint density at radius 3 is 2.82 bits per heavy atom. The summed E-state index contributed by atoms with van der Waals surface area (Å²) in [7, 11) is 0. The van der Waals surface area contributed by atoms with Gasteiger partial charge in [-0.05, 0) is 22.8 Å². The molecule has 0 amide bonds. The van der Waals surface area contributed by atoms with Gasteiger partial charge in [0.2, 0.25) is 0 Å². The molecule has 0 bridgehead atoms. The van der Waals surface area contributed by atoms with Crippen LogP contribution >= 0.6 is 0 Å². The molecule has 1 aliphatic rings. The van der Waals surface area contributed by atoms with Gasteiger partial charge in [-0.15, -0.1) is 0 Å². The summed E-state index contributed by atoms with van der Waals surface area (Å²) in [6, 6.07) is 15.1. The number of rotatable bonds is 1. The van der Waals surface area contributed by atoms with Crippen molar-refractivity contribution in [2.24, 2.45) is 10.7 Å². The Bertz CT molecular complexity index is 569. The molecule has 1 heterocycles. The third kappa shape index (κ3) is 1.84. The van der Waals surface area contributed by atoms with Crippen molar-refractivity contribution < 1.29 is 0 Å². The first-order valence-corrected chi connectivity index (χ1v) is 5.89. The van der Waals surface area contributed by atoms with Gasteiger partial charge >= 0.3 is 0 Å². The Morgan fingerprint density at radius 2 is 1.94 bits per heavy atom. The van der Waals surface area contributed by atoms with E-state index in [9.17, 15) is 0 Å². The molecule has 0 saturated carbocycles. The Balaban J connectivity index is 2.08. The summed E-state index contributed by atoms with van der Waals surface area (Å²) in [6.07, 6.45) is 0.995. The van der Waals surface area contributed by atoms with E-state index in [1.165, 1.54) is 16.3 Å². The number of nitrogens with two attached hydrogens (primary N) is 1. The first kappa shape index (κ1) is 10.1. The molecule has 17 heavy (non-hydrogen) atoms. The van der Waals surface area contributed by atoms with E-state index in [1.807, 2.05) is 0 Å². The number of nitrogens with one attached hydrogen (secondary N) is 1. The second-order valence-electron chi connectivity index (χ2n) is 4.32. The predicted molar refractivity (Wildman–Crippen MR) is 70.9 cm³/mol. The fourth-order valence-corrected chi connectivity index (χ4v) is 2.40. The molecule has 86 valence electrons. The zero-order valence-corrected chi connectivity index (χ0v) is 9.56. The highest BCUT2D eigenvalue weighted by Gasteiger charge is 2.17. The number of hydrogen-bond acceptors (Lipinski definition) is 3. The summed E-state index contributed by atoms with van der Waals surface area (Å²) in [5, 5.41) is 5.82. The van der Waals surface area contributed by atoms with Crippen LogP contribution in [0.2, 0.25) is 0 Å². The molecule has 0 spiro atoms.